The predicted molar refractivity (Wildman–Crippen MR) is 81.3 cm³/mol. The summed E-state index contributed by atoms with van der Waals surface area (Å²) in [5, 5.41) is -0.145. The Morgan fingerprint density at radius 3 is 2.00 bits per heavy atom. The summed E-state index contributed by atoms with van der Waals surface area (Å²) in [5.41, 5.74) is 5.86. The number of alkyl halides is 1. The van der Waals surface area contributed by atoms with Gasteiger partial charge in [-0.15, -0.1) is 11.6 Å². The molecular weight excluding hydrogens is 256 g/mol. The number of methoxy groups -OCH3 is 1. The molecule has 0 aliphatic heterocycles. The molecule has 0 N–H and O–H groups in total. The molecule has 0 radical (unpaired) electrons. The molecule has 1 unspecified atom stereocenters. The normalized spacial score (nSPS) is 12.3. The van der Waals surface area contributed by atoms with Crippen molar-refractivity contribution in [3.63, 3.8) is 0 Å². The third-order valence-electron chi connectivity index (χ3n) is 3.55. The first-order valence-corrected chi connectivity index (χ1v) is 6.82. The van der Waals surface area contributed by atoms with Crippen molar-refractivity contribution in [2.45, 2.75) is 26.1 Å². The van der Waals surface area contributed by atoms with Gasteiger partial charge in [0.15, 0.2) is 0 Å². The number of hydrogen-bond acceptors (Lipinski definition) is 1. The molecule has 0 spiro atoms. The minimum Gasteiger partial charge on any atom is -0.496 e. The Kier molecular flexibility index (Phi) is 4.16. The Hall–Kier alpha value is -1.47. The largest absolute Gasteiger partial charge is 0.496 e. The first kappa shape index (κ1) is 14.0. The van der Waals surface area contributed by atoms with Gasteiger partial charge in [0, 0.05) is 0 Å². The molecule has 0 aromatic heterocycles. The summed E-state index contributed by atoms with van der Waals surface area (Å²) in [6.45, 7) is 6.25. The quantitative estimate of drug-likeness (QED) is 0.720. The maximum absolute atomic E-state index is 6.58. The van der Waals surface area contributed by atoms with Gasteiger partial charge in [0.05, 0.1) is 12.5 Å². The topological polar surface area (TPSA) is 9.23 Å². The van der Waals surface area contributed by atoms with Gasteiger partial charge < -0.3 is 4.74 Å². The van der Waals surface area contributed by atoms with Gasteiger partial charge in [-0.1, -0.05) is 30.3 Å². The SMILES string of the molecule is COc1cc(C(Cl)c2ccc(C)c(C)c2)ccc1C. The average molecular weight is 275 g/mol. The highest BCUT2D eigenvalue weighted by Gasteiger charge is 2.13. The Morgan fingerprint density at radius 2 is 1.42 bits per heavy atom. The van der Waals surface area contributed by atoms with Crippen LogP contribution in [-0.2, 0) is 0 Å². The van der Waals surface area contributed by atoms with Crippen LogP contribution in [-0.4, -0.2) is 7.11 Å². The van der Waals surface area contributed by atoms with Crippen LogP contribution in [0.2, 0.25) is 0 Å². The molecule has 0 aliphatic rings. The maximum Gasteiger partial charge on any atom is 0.122 e. The van der Waals surface area contributed by atoms with Crippen LogP contribution in [0.25, 0.3) is 0 Å². The van der Waals surface area contributed by atoms with Crippen LogP contribution in [0.4, 0.5) is 0 Å². The molecule has 0 heterocycles. The van der Waals surface area contributed by atoms with Gasteiger partial charge in [0.1, 0.15) is 5.75 Å². The van der Waals surface area contributed by atoms with E-state index in [0.29, 0.717) is 0 Å². The fourth-order valence-electron chi connectivity index (χ4n) is 2.11. The third-order valence-corrected chi connectivity index (χ3v) is 4.05. The molecule has 2 aromatic carbocycles. The van der Waals surface area contributed by atoms with Crippen molar-refractivity contribution in [3.05, 3.63) is 64.2 Å². The van der Waals surface area contributed by atoms with Gasteiger partial charge in [-0.05, 0) is 54.7 Å². The Balaban J connectivity index is 2.37. The molecule has 0 bridgehead atoms. The molecule has 0 fully saturated rings. The van der Waals surface area contributed by atoms with Gasteiger partial charge in [0.25, 0.3) is 0 Å². The highest BCUT2D eigenvalue weighted by Crippen LogP contribution is 2.32. The van der Waals surface area contributed by atoms with E-state index in [-0.39, 0.29) is 5.38 Å². The summed E-state index contributed by atoms with van der Waals surface area (Å²) in [4.78, 5) is 0. The number of aryl methyl sites for hydroxylation is 3. The smallest absolute Gasteiger partial charge is 0.122 e. The second kappa shape index (κ2) is 5.66. The molecular formula is C17H19ClO. The third kappa shape index (κ3) is 2.93. The van der Waals surface area contributed by atoms with E-state index in [1.807, 2.05) is 19.1 Å². The molecule has 2 heteroatoms. The first-order chi connectivity index (χ1) is 9.02. The van der Waals surface area contributed by atoms with E-state index in [1.54, 1.807) is 7.11 Å². The fraction of sp³-hybridized carbons (Fsp3) is 0.294. The van der Waals surface area contributed by atoms with Crippen molar-refractivity contribution in [1.29, 1.82) is 0 Å². The predicted octanol–water partition coefficient (Wildman–Crippen LogP) is 4.95. The van der Waals surface area contributed by atoms with E-state index >= 15 is 0 Å². The minimum absolute atomic E-state index is 0.145. The fourth-order valence-corrected chi connectivity index (χ4v) is 2.38. The Labute approximate surface area is 120 Å². The summed E-state index contributed by atoms with van der Waals surface area (Å²) in [6.07, 6.45) is 0. The van der Waals surface area contributed by atoms with Crippen LogP contribution in [0.3, 0.4) is 0 Å². The average Bonchev–Trinajstić information content (AvgIpc) is 2.41. The van der Waals surface area contributed by atoms with Gasteiger partial charge in [-0.3, -0.25) is 0 Å². The summed E-state index contributed by atoms with van der Waals surface area (Å²) < 4.78 is 5.36. The zero-order chi connectivity index (χ0) is 14.0. The molecule has 2 rings (SSSR count). The zero-order valence-electron chi connectivity index (χ0n) is 11.8. The van der Waals surface area contributed by atoms with E-state index in [9.17, 15) is 0 Å². The molecule has 0 saturated heterocycles. The number of hydrogen-bond donors (Lipinski definition) is 0. The Bertz CT molecular complexity index is 590. The van der Waals surface area contributed by atoms with Crippen LogP contribution in [0.1, 0.15) is 33.2 Å². The van der Waals surface area contributed by atoms with Crippen LogP contribution >= 0.6 is 11.6 Å². The second-order valence-corrected chi connectivity index (χ2v) is 5.37. The number of ether oxygens (including phenoxy) is 1. The minimum atomic E-state index is -0.145. The van der Waals surface area contributed by atoms with Gasteiger partial charge in [-0.25, -0.2) is 0 Å². The number of benzene rings is 2. The standard InChI is InChI=1S/C17H19ClO/c1-11-5-7-14(9-13(11)3)17(18)15-8-6-12(2)16(10-15)19-4/h5-10,17H,1-4H3. The van der Waals surface area contributed by atoms with Crippen molar-refractivity contribution in [2.24, 2.45) is 0 Å². The maximum atomic E-state index is 6.58. The van der Waals surface area contributed by atoms with Crippen LogP contribution in [0.5, 0.6) is 5.75 Å². The van der Waals surface area contributed by atoms with E-state index in [1.165, 1.54) is 11.1 Å². The second-order valence-electron chi connectivity index (χ2n) is 4.94. The lowest BCUT2D eigenvalue weighted by molar-refractivity contribution is 0.411. The summed E-state index contributed by atoms with van der Waals surface area (Å²) in [7, 11) is 1.69. The van der Waals surface area contributed by atoms with Crippen LogP contribution in [0.15, 0.2) is 36.4 Å². The molecule has 19 heavy (non-hydrogen) atoms. The Morgan fingerprint density at radius 1 is 0.842 bits per heavy atom. The van der Waals surface area contributed by atoms with E-state index < -0.39 is 0 Å². The molecule has 1 nitrogen and oxygen atoms in total. The highest BCUT2D eigenvalue weighted by atomic mass is 35.5. The number of halogens is 1. The molecule has 2 aromatic rings. The van der Waals surface area contributed by atoms with Crippen molar-refractivity contribution in [1.82, 2.24) is 0 Å². The molecule has 0 amide bonds. The van der Waals surface area contributed by atoms with E-state index in [2.05, 4.69) is 38.1 Å². The molecule has 100 valence electrons. The van der Waals surface area contributed by atoms with Crippen LogP contribution in [0, 0.1) is 20.8 Å². The van der Waals surface area contributed by atoms with Crippen molar-refractivity contribution in [3.8, 4) is 5.75 Å². The summed E-state index contributed by atoms with van der Waals surface area (Å²) in [6, 6.07) is 12.5. The van der Waals surface area contributed by atoms with Crippen molar-refractivity contribution < 1.29 is 4.74 Å². The van der Waals surface area contributed by atoms with E-state index in [0.717, 1.165) is 22.4 Å². The molecule has 0 aliphatic carbocycles. The number of rotatable bonds is 3. The first-order valence-electron chi connectivity index (χ1n) is 6.38. The monoisotopic (exact) mass is 274 g/mol. The zero-order valence-corrected chi connectivity index (χ0v) is 12.6. The highest BCUT2D eigenvalue weighted by molar-refractivity contribution is 6.22. The van der Waals surface area contributed by atoms with Crippen molar-refractivity contribution >= 4 is 11.6 Å². The van der Waals surface area contributed by atoms with Gasteiger partial charge in [0.2, 0.25) is 0 Å². The lowest BCUT2D eigenvalue weighted by atomic mass is 9.99. The van der Waals surface area contributed by atoms with Crippen molar-refractivity contribution in [2.75, 3.05) is 7.11 Å². The summed E-state index contributed by atoms with van der Waals surface area (Å²) >= 11 is 6.58. The molecule has 0 saturated carbocycles. The van der Waals surface area contributed by atoms with E-state index in [4.69, 9.17) is 16.3 Å². The van der Waals surface area contributed by atoms with Gasteiger partial charge >= 0.3 is 0 Å². The lowest BCUT2D eigenvalue weighted by Gasteiger charge is -2.14. The van der Waals surface area contributed by atoms with Crippen LogP contribution < -0.4 is 4.74 Å². The lowest BCUT2D eigenvalue weighted by Crippen LogP contribution is -1.97. The van der Waals surface area contributed by atoms with Gasteiger partial charge in [-0.2, -0.15) is 0 Å². The summed E-state index contributed by atoms with van der Waals surface area (Å²) in [5.74, 6) is 0.881. The molecule has 1 atom stereocenters.